The molecular weight excluding hydrogens is 548 g/mol. The van der Waals surface area contributed by atoms with Gasteiger partial charge in [-0.25, -0.2) is 0 Å². The summed E-state index contributed by atoms with van der Waals surface area (Å²) in [5.41, 5.74) is 8.83. The second kappa shape index (κ2) is 8.83. The van der Waals surface area contributed by atoms with Crippen molar-refractivity contribution < 1.29 is 14.6 Å². The second-order valence-corrected chi connectivity index (χ2v) is 9.02. The lowest BCUT2D eigenvalue weighted by Crippen LogP contribution is -2.21. The van der Waals surface area contributed by atoms with Gasteiger partial charge >= 0.3 is 0 Å². The lowest BCUT2D eigenvalue weighted by Gasteiger charge is -2.27. The van der Waals surface area contributed by atoms with Crippen LogP contribution in [0.15, 0.2) is 75.0 Å². The van der Waals surface area contributed by atoms with E-state index in [1.165, 1.54) is 6.07 Å². The van der Waals surface area contributed by atoms with Crippen LogP contribution in [-0.2, 0) is 6.61 Å². The summed E-state index contributed by atoms with van der Waals surface area (Å²) in [5, 5.41) is 20.2. The Balaban J connectivity index is 1.70. The summed E-state index contributed by atoms with van der Waals surface area (Å²) >= 11 is 13.1. The first-order valence-corrected chi connectivity index (χ1v) is 11.1. The first kappa shape index (κ1) is 21.6. The largest absolute Gasteiger partial charge is 0.508 e. The number of halogens is 3. The number of hydrogen-bond donors (Lipinski definition) is 2. The summed E-state index contributed by atoms with van der Waals surface area (Å²) in [4.78, 5) is 0. The molecule has 1 aliphatic rings. The Morgan fingerprint density at radius 2 is 1.77 bits per heavy atom. The summed E-state index contributed by atoms with van der Waals surface area (Å²) in [5.74, 6) is 0.663. The van der Waals surface area contributed by atoms with Crippen molar-refractivity contribution in [3.05, 3.63) is 96.7 Å². The van der Waals surface area contributed by atoms with Crippen molar-refractivity contribution in [3.63, 3.8) is 0 Å². The van der Waals surface area contributed by atoms with Gasteiger partial charge in [-0.05, 0) is 73.3 Å². The van der Waals surface area contributed by atoms with Gasteiger partial charge < -0.3 is 20.3 Å². The minimum Gasteiger partial charge on any atom is -0.508 e. The number of phenolic OH excluding ortho intramolecular Hbond substituents is 1. The Morgan fingerprint density at radius 1 is 1.10 bits per heavy atom. The molecule has 0 aromatic heterocycles. The number of aromatic hydroxyl groups is 1. The predicted molar refractivity (Wildman–Crippen MR) is 125 cm³/mol. The normalized spacial score (nSPS) is 15.1. The number of fused-ring (bicyclic) bond motifs is 1. The van der Waals surface area contributed by atoms with Crippen molar-refractivity contribution in [1.82, 2.24) is 0 Å². The van der Waals surface area contributed by atoms with E-state index in [0.29, 0.717) is 37.6 Å². The fourth-order valence-electron chi connectivity index (χ4n) is 3.41. The molecule has 1 heterocycles. The van der Waals surface area contributed by atoms with Gasteiger partial charge in [0.15, 0.2) is 0 Å². The maximum atomic E-state index is 9.81. The summed E-state index contributed by atoms with van der Waals surface area (Å²) in [7, 11) is 0. The zero-order valence-corrected chi connectivity index (χ0v) is 19.8. The van der Waals surface area contributed by atoms with Gasteiger partial charge in [-0.2, -0.15) is 5.26 Å². The van der Waals surface area contributed by atoms with Crippen LogP contribution in [0.25, 0.3) is 0 Å². The third kappa shape index (κ3) is 4.38. The molecule has 0 saturated carbocycles. The Bertz CT molecular complexity index is 1210. The fourth-order valence-corrected chi connectivity index (χ4v) is 4.98. The Morgan fingerprint density at radius 3 is 2.42 bits per heavy atom. The average molecular weight is 563 g/mol. The lowest BCUT2D eigenvalue weighted by molar-refractivity contribution is 0.302. The molecule has 4 rings (SSSR count). The summed E-state index contributed by atoms with van der Waals surface area (Å²) in [6, 6.07) is 18.1. The minimum absolute atomic E-state index is 0.0147. The third-order valence-electron chi connectivity index (χ3n) is 4.85. The topological polar surface area (TPSA) is 88.5 Å². The van der Waals surface area contributed by atoms with E-state index in [1.807, 2.05) is 36.4 Å². The molecular formula is C23H15Br2ClN2O3. The van der Waals surface area contributed by atoms with Gasteiger partial charge in [0, 0.05) is 16.7 Å². The highest BCUT2D eigenvalue weighted by Crippen LogP contribution is 2.46. The molecule has 3 N–H and O–H groups in total. The van der Waals surface area contributed by atoms with Crippen LogP contribution in [0.2, 0.25) is 5.02 Å². The zero-order valence-electron chi connectivity index (χ0n) is 15.9. The van der Waals surface area contributed by atoms with Gasteiger partial charge in [0.2, 0.25) is 5.88 Å². The van der Waals surface area contributed by atoms with Crippen LogP contribution in [0.4, 0.5) is 0 Å². The van der Waals surface area contributed by atoms with E-state index in [0.717, 1.165) is 16.7 Å². The van der Waals surface area contributed by atoms with Crippen LogP contribution in [-0.4, -0.2) is 5.11 Å². The number of nitrogens with zero attached hydrogens (tertiary/aromatic N) is 1. The maximum Gasteiger partial charge on any atom is 0.205 e. The van der Waals surface area contributed by atoms with E-state index in [-0.39, 0.29) is 11.6 Å². The minimum atomic E-state index is -0.452. The summed E-state index contributed by atoms with van der Waals surface area (Å²) < 4.78 is 13.0. The number of rotatable bonds is 4. The van der Waals surface area contributed by atoms with Crippen LogP contribution in [0.5, 0.6) is 17.2 Å². The fraction of sp³-hybridized carbons (Fsp3) is 0.0870. The molecule has 3 aromatic rings. The SMILES string of the molecule is N#CC1=C(N)Oc2cc(O)ccc2[C@@H]1c1cc(Br)c(OCc2ccc(Cl)cc2)c(Br)c1. The number of ether oxygens (including phenoxy) is 2. The number of hydrogen-bond acceptors (Lipinski definition) is 5. The Labute approximate surface area is 200 Å². The smallest absolute Gasteiger partial charge is 0.205 e. The van der Waals surface area contributed by atoms with Crippen LogP contribution in [0, 0.1) is 11.3 Å². The number of allylic oxidation sites excluding steroid dienone is 1. The van der Waals surface area contributed by atoms with Crippen molar-refractivity contribution in [2.75, 3.05) is 0 Å². The van der Waals surface area contributed by atoms with E-state index in [2.05, 4.69) is 37.9 Å². The van der Waals surface area contributed by atoms with E-state index in [1.54, 1.807) is 12.1 Å². The van der Waals surface area contributed by atoms with E-state index >= 15 is 0 Å². The van der Waals surface area contributed by atoms with Gasteiger partial charge in [-0.3, -0.25) is 0 Å². The van der Waals surface area contributed by atoms with Gasteiger partial charge in [0.25, 0.3) is 0 Å². The molecule has 31 heavy (non-hydrogen) atoms. The van der Waals surface area contributed by atoms with Gasteiger partial charge in [0.05, 0.1) is 14.9 Å². The van der Waals surface area contributed by atoms with Crippen molar-refractivity contribution >= 4 is 43.5 Å². The molecule has 0 radical (unpaired) electrons. The van der Waals surface area contributed by atoms with Gasteiger partial charge in [0.1, 0.15) is 35.5 Å². The number of nitrogens with two attached hydrogens (primary N) is 1. The molecule has 0 amide bonds. The third-order valence-corrected chi connectivity index (χ3v) is 6.28. The number of phenols is 1. The van der Waals surface area contributed by atoms with Crippen LogP contribution in [0.3, 0.4) is 0 Å². The summed E-state index contributed by atoms with van der Waals surface area (Å²) in [6.07, 6.45) is 0. The van der Waals surface area contributed by atoms with Gasteiger partial charge in [-0.1, -0.05) is 29.8 Å². The average Bonchev–Trinajstić information content (AvgIpc) is 2.73. The molecule has 0 aliphatic carbocycles. The molecule has 3 aromatic carbocycles. The molecule has 0 spiro atoms. The molecule has 0 unspecified atom stereocenters. The highest BCUT2D eigenvalue weighted by molar-refractivity contribution is 9.11. The van der Waals surface area contributed by atoms with Crippen LogP contribution < -0.4 is 15.2 Å². The molecule has 0 fully saturated rings. The molecule has 0 bridgehead atoms. The standard InChI is InChI=1S/C23H15Br2ClN2O3/c24-18-7-13(8-19(25)22(18)30-11-12-1-3-14(26)4-2-12)21-16-6-5-15(29)9-20(16)31-23(28)17(21)10-27/h1-9,21,29H,11,28H2/t21-/m0/s1. The first-order chi connectivity index (χ1) is 14.9. The Hall–Kier alpha value is -2.66. The highest BCUT2D eigenvalue weighted by Gasteiger charge is 2.31. The maximum absolute atomic E-state index is 9.81. The summed E-state index contributed by atoms with van der Waals surface area (Å²) in [6.45, 7) is 0.364. The molecule has 1 atom stereocenters. The van der Waals surface area contributed by atoms with Crippen molar-refractivity contribution in [1.29, 1.82) is 5.26 Å². The van der Waals surface area contributed by atoms with Crippen LogP contribution in [0.1, 0.15) is 22.6 Å². The predicted octanol–water partition coefficient (Wildman–Crippen LogP) is 6.37. The van der Waals surface area contributed by atoms with Crippen molar-refractivity contribution in [3.8, 4) is 23.3 Å². The highest BCUT2D eigenvalue weighted by atomic mass is 79.9. The number of benzene rings is 3. The molecule has 1 aliphatic heterocycles. The lowest BCUT2D eigenvalue weighted by atomic mass is 9.83. The molecule has 5 nitrogen and oxygen atoms in total. The van der Waals surface area contributed by atoms with Crippen molar-refractivity contribution in [2.45, 2.75) is 12.5 Å². The molecule has 0 saturated heterocycles. The quantitative estimate of drug-likeness (QED) is 0.386. The Kier molecular flexibility index (Phi) is 6.15. The molecule has 156 valence electrons. The van der Waals surface area contributed by atoms with E-state index in [9.17, 15) is 10.4 Å². The second-order valence-electron chi connectivity index (χ2n) is 6.88. The van der Waals surface area contributed by atoms with Gasteiger partial charge in [-0.15, -0.1) is 0 Å². The van der Waals surface area contributed by atoms with Crippen molar-refractivity contribution in [2.24, 2.45) is 5.73 Å². The first-order valence-electron chi connectivity index (χ1n) is 9.14. The van der Waals surface area contributed by atoms with E-state index < -0.39 is 5.92 Å². The number of nitriles is 1. The zero-order chi connectivity index (χ0) is 22.1. The van der Waals surface area contributed by atoms with Crippen LogP contribution >= 0.6 is 43.5 Å². The van der Waals surface area contributed by atoms with E-state index in [4.69, 9.17) is 26.8 Å². The monoisotopic (exact) mass is 560 g/mol. The molecule has 8 heteroatoms.